The number of aryl methyl sites for hydroxylation is 2. The Bertz CT molecular complexity index is 1540. The maximum atomic E-state index is 13.7. The first-order chi connectivity index (χ1) is 19.8. The van der Waals surface area contributed by atoms with Crippen molar-refractivity contribution in [2.24, 2.45) is 5.92 Å². The second kappa shape index (κ2) is 12.6. The predicted molar refractivity (Wildman–Crippen MR) is 157 cm³/mol. The van der Waals surface area contributed by atoms with E-state index in [0.717, 1.165) is 0 Å². The lowest BCUT2D eigenvalue weighted by Gasteiger charge is -2.38. The van der Waals surface area contributed by atoms with Crippen molar-refractivity contribution in [3.63, 3.8) is 0 Å². The Morgan fingerprint density at radius 3 is 2.55 bits per heavy atom. The molecule has 1 aliphatic rings. The van der Waals surface area contributed by atoms with Gasteiger partial charge in [0.1, 0.15) is 17.5 Å². The number of aliphatic hydroxyl groups excluding tert-OH is 1. The Morgan fingerprint density at radius 2 is 1.93 bits per heavy atom. The standard InChI is InChI=1S/C28H34ClN5O7S/c1-16-13-34(17(2)15-35)27(36)22-7-6-8-23(32-42(38,39)21-11-9-20(29)10-12-21)26(22)40-24(16)14-33(5)28(37)30-25-18(3)31-41-19(25)4/h6-12,16-17,24,32,35H,13-15H2,1-5H3,(H,30,37)/t16-,17-,24+/m1/s1. The monoisotopic (exact) mass is 619 g/mol. The molecule has 0 fully saturated rings. The first-order valence-electron chi connectivity index (χ1n) is 13.3. The van der Waals surface area contributed by atoms with Crippen LogP contribution in [-0.4, -0.2) is 79.3 Å². The first-order valence-corrected chi connectivity index (χ1v) is 15.1. The molecule has 2 aromatic carbocycles. The number of urea groups is 1. The minimum Gasteiger partial charge on any atom is -0.485 e. The SMILES string of the molecule is Cc1noc(C)c1NC(=O)N(C)C[C@@H]1Oc2c(NS(=O)(=O)c3ccc(Cl)cc3)cccc2C(=O)N([C@H](C)CO)C[C@H]1C. The second-order valence-electron chi connectivity index (χ2n) is 10.4. The molecule has 3 N–H and O–H groups in total. The van der Waals surface area contributed by atoms with Crippen LogP contribution in [0.4, 0.5) is 16.2 Å². The third kappa shape index (κ3) is 6.63. The van der Waals surface area contributed by atoms with Crippen LogP contribution in [0.2, 0.25) is 5.02 Å². The number of sulfonamides is 1. The molecule has 12 nitrogen and oxygen atoms in total. The number of anilines is 2. The minimum absolute atomic E-state index is 0.0197. The Kier molecular flexibility index (Phi) is 9.34. The van der Waals surface area contributed by atoms with E-state index in [1.165, 1.54) is 46.2 Å². The third-order valence-corrected chi connectivity index (χ3v) is 8.76. The summed E-state index contributed by atoms with van der Waals surface area (Å²) in [4.78, 5) is 29.7. The third-order valence-electron chi connectivity index (χ3n) is 7.13. The molecular formula is C28H34ClN5O7S. The maximum Gasteiger partial charge on any atom is 0.321 e. The molecular weight excluding hydrogens is 586 g/mol. The van der Waals surface area contributed by atoms with Gasteiger partial charge in [-0.25, -0.2) is 13.2 Å². The molecule has 42 heavy (non-hydrogen) atoms. The number of aromatic nitrogens is 1. The topological polar surface area (TPSA) is 154 Å². The molecule has 14 heteroatoms. The van der Waals surface area contributed by atoms with Crippen molar-refractivity contribution in [1.82, 2.24) is 15.0 Å². The van der Waals surface area contributed by atoms with Crippen molar-refractivity contribution in [2.75, 3.05) is 36.8 Å². The van der Waals surface area contributed by atoms with E-state index in [1.807, 2.05) is 6.92 Å². The number of aliphatic hydroxyl groups is 1. The molecule has 0 bridgehead atoms. The quantitative estimate of drug-likeness (QED) is 0.340. The van der Waals surface area contributed by atoms with Crippen LogP contribution < -0.4 is 14.8 Å². The number of para-hydroxylation sites is 1. The molecule has 1 aliphatic heterocycles. The fourth-order valence-electron chi connectivity index (χ4n) is 4.58. The Balaban J connectivity index is 1.70. The number of ether oxygens (including phenoxy) is 1. The number of nitrogens with one attached hydrogen (secondary N) is 2. The highest BCUT2D eigenvalue weighted by Crippen LogP contribution is 2.36. The van der Waals surface area contributed by atoms with E-state index in [4.69, 9.17) is 20.9 Å². The Morgan fingerprint density at radius 1 is 1.24 bits per heavy atom. The zero-order chi connectivity index (χ0) is 30.8. The van der Waals surface area contributed by atoms with Gasteiger partial charge in [0.15, 0.2) is 11.5 Å². The number of hydrogen-bond acceptors (Lipinski definition) is 8. The molecule has 0 aliphatic carbocycles. The van der Waals surface area contributed by atoms with Gasteiger partial charge < -0.3 is 29.5 Å². The van der Waals surface area contributed by atoms with Gasteiger partial charge in [-0.1, -0.05) is 29.7 Å². The fourth-order valence-corrected chi connectivity index (χ4v) is 5.76. The highest BCUT2D eigenvalue weighted by Gasteiger charge is 2.35. The molecule has 0 spiro atoms. The number of rotatable bonds is 8. The van der Waals surface area contributed by atoms with E-state index in [1.54, 1.807) is 33.9 Å². The summed E-state index contributed by atoms with van der Waals surface area (Å²) in [6, 6.07) is 9.27. The van der Waals surface area contributed by atoms with Crippen molar-refractivity contribution >= 4 is 44.9 Å². The van der Waals surface area contributed by atoms with Crippen molar-refractivity contribution in [3.05, 3.63) is 64.5 Å². The van der Waals surface area contributed by atoms with Crippen LogP contribution in [-0.2, 0) is 10.0 Å². The molecule has 226 valence electrons. The van der Waals surface area contributed by atoms with E-state index in [0.29, 0.717) is 22.2 Å². The first kappa shape index (κ1) is 31.1. The molecule has 4 rings (SSSR count). The lowest BCUT2D eigenvalue weighted by atomic mass is 9.99. The molecule has 0 unspecified atom stereocenters. The van der Waals surface area contributed by atoms with Gasteiger partial charge in [-0.05, 0) is 57.2 Å². The highest BCUT2D eigenvalue weighted by atomic mass is 35.5. The number of nitrogens with zero attached hydrogens (tertiary/aromatic N) is 3. The number of benzene rings is 2. The Hall–Kier alpha value is -3.81. The largest absolute Gasteiger partial charge is 0.485 e. The normalized spacial score (nSPS) is 17.9. The lowest BCUT2D eigenvalue weighted by molar-refractivity contribution is 0.0373. The number of hydrogen-bond donors (Lipinski definition) is 3. The molecule has 1 aromatic heterocycles. The van der Waals surface area contributed by atoms with Crippen molar-refractivity contribution < 1.29 is 32.4 Å². The van der Waals surface area contributed by atoms with Crippen LogP contribution in [0.5, 0.6) is 5.75 Å². The summed E-state index contributed by atoms with van der Waals surface area (Å²) in [6.07, 6.45) is -0.674. The average molecular weight is 620 g/mol. The second-order valence-corrected chi connectivity index (χ2v) is 12.5. The number of carbonyl (C=O) groups is 2. The summed E-state index contributed by atoms with van der Waals surface area (Å²) >= 11 is 5.93. The molecule has 0 radical (unpaired) electrons. The minimum atomic E-state index is -4.08. The van der Waals surface area contributed by atoms with Gasteiger partial charge in [-0.2, -0.15) is 0 Å². The zero-order valence-corrected chi connectivity index (χ0v) is 25.5. The van der Waals surface area contributed by atoms with E-state index >= 15 is 0 Å². The number of halogens is 1. The van der Waals surface area contributed by atoms with E-state index in [-0.39, 0.29) is 47.5 Å². The smallest absolute Gasteiger partial charge is 0.321 e. The molecule has 0 saturated carbocycles. The van der Waals surface area contributed by atoms with Gasteiger partial charge >= 0.3 is 6.03 Å². The van der Waals surface area contributed by atoms with Crippen molar-refractivity contribution in [2.45, 2.75) is 44.7 Å². The summed E-state index contributed by atoms with van der Waals surface area (Å²) in [5.41, 5.74) is 1.17. The maximum absolute atomic E-state index is 13.7. The number of likely N-dealkylation sites (N-methyl/N-ethyl adjacent to an activating group) is 1. The summed E-state index contributed by atoms with van der Waals surface area (Å²) < 4.78 is 40.6. The van der Waals surface area contributed by atoms with Crippen LogP contribution in [0.1, 0.15) is 35.7 Å². The summed E-state index contributed by atoms with van der Waals surface area (Å²) in [6.45, 7) is 7.02. The molecule has 2 heterocycles. The number of amides is 3. The molecule has 3 atom stereocenters. The van der Waals surface area contributed by atoms with Gasteiger partial charge in [0.2, 0.25) is 0 Å². The van der Waals surface area contributed by atoms with Crippen LogP contribution in [0.15, 0.2) is 51.9 Å². The van der Waals surface area contributed by atoms with Crippen molar-refractivity contribution in [3.8, 4) is 5.75 Å². The average Bonchev–Trinajstić information content (AvgIpc) is 3.26. The van der Waals surface area contributed by atoms with Crippen molar-refractivity contribution in [1.29, 1.82) is 0 Å². The summed E-state index contributed by atoms with van der Waals surface area (Å²) in [7, 11) is -2.49. The summed E-state index contributed by atoms with van der Waals surface area (Å²) in [5, 5.41) is 16.9. The van der Waals surface area contributed by atoms with E-state index < -0.39 is 34.1 Å². The highest BCUT2D eigenvalue weighted by molar-refractivity contribution is 7.92. The molecule has 3 aromatic rings. The fraction of sp³-hybridized carbons (Fsp3) is 0.393. The van der Waals surface area contributed by atoms with Gasteiger partial charge in [-0.15, -0.1) is 0 Å². The van der Waals surface area contributed by atoms with Gasteiger partial charge in [0, 0.05) is 24.5 Å². The predicted octanol–water partition coefficient (Wildman–Crippen LogP) is 4.13. The lowest BCUT2D eigenvalue weighted by Crippen LogP contribution is -2.50. The van der Waals surface area contributed by atoms with Gasteiger partial charge in [-0.3, -0.25) is 9.52 Å². The molecule has 0 saturated heterocycles. The molecule has 3 amide bonds. The number of carbonyl (C=O) groups excluding carboxylic acids is 2. The van der Waals surface area contributed by atoms with Gasteiger partial charge in [0.05, 0.1) is 35.3 Å². The van der Waals surface area contributed by atoms with Crippen LogP contribution in [0.3, 0.4) is 0 Å². The number of fused-ring (bicyclic) bond motifs is 1. The van der Waals surface area contributed by atoms with E-state index in [2.05, 4.69) is 15.2 Å². The summed E-state index contributed by atoms with van der Waals surface area (Å²) in [5.74, 6) is -0.269. The van der Waals surface area contributed by atoms with Gasteiger partial charge in [0.25, 0.3) is 15.9 Å². The zero-order valence-electron chi connectivity index (χ0n) is 23.9. The van der Waals surface area contributed by atoms with Crippen LogP contribution in [0, 0.1) is 19.8 Å². The van der Waals surface area contributed by atoms with Crippen LogP contribution in [0.25, 0.3) is 0 Å². The van der Waals surface area contributed by atoms with Crippen LogP contribution >= 0.6 is 11.6 Å². The Labute approximate surface area is 249 Å². The van der Waals surface area contributed by atoms with E-state index in [9.17, 15) is 23.1 Å².